The van der Waals surface area contributed by atoms with Crippen LogP contribution in [0.2, 0.25) is 0 Å². The standard InChI is InChI=1S/C26H33N7O5/c1-17-12-20(31(4)30-17)25(36)33-10-8-32(9-11-33)15-26(2,3)29-24(35)23(34)28-18-6-7-19(21(13-18)37-5)22-14-27-16-38-22/h6-7,12-14,16-17H,8-11,15H2,1-5H3,(H-,28,29,34,35)/p+1. The predicted octanol–water partition coefficient (Wildman–Crippen LogP) is 1.71. The lowest BCUT2D eigenvalue weighted by molar-refractivity contribution is -0.507. The Morgan fingerprint density at radius 1 is 1.18 bits per heavy atom. The number of aromatic nitrogens is 1. The normalized spacial score (nSPS) is 18.0. The number of nitrogens with one attached hydrogen (secondary N) is 2. The molecule has 0 aliphatic carbocycles. The summed E-state index contributed by atoms with van der Waals surface area (Å²) in [6.07, 6.45) is 4.76. The summed E-state index contributed by atoms with van der Waals surface area (Å²) in [6, 6.07) is 4.99. The lowest BCUT2D eigenvalue weighted by Gasteiger charge is -2.38. The maximum Gasteiger partial charge on any atom is 0.320 e. The van der Waals surface area contributed by atoms with Crippen molar-refractivity contribution in [2.75, 3.05) is 52.2 Å². The summed E-state index contributed by atoms with van der Waals surface area (Å²) >= 11 is 0. The smallest absolute Gasteiger partial charge is 0.320 e. The van der Waals surface area contributed by atoms with E-state index in [9.17, 15) is 14.4 Å². The molecule has 3 amide bonds. The van der Waals surface area contributed by atoms with Crippen LogP contribution in [0.15, 0.2) is 52.1 Å². The maximum absolute atomic E-state index is 12.9. The molecule has 1 unspecified atom stereocenters. The molecule has 2 aromatic rings. The first kappa shape index (κ1) is 27.0. The number of likely N-dealkylation sites (N-methyl/N-ethyl adjacent to an activating group) is 1. The number of hydrogen-bond acceptors (Lipinski definition) is 8. The molecule has 0 spiro atoms. The van der Waals surface area contributed by atoms with Gasteiger partial charge < -0.3 is 24.7 Å². The zero-order valence-corrected chi connectivity index (χ0v) is 22.4. The highest BCUT2D eigenvalue weighted by Crippen LogP contribution is 2.32. The summed E-state index contributed by atoms with van der Waals surface area (Å²) in [5.41, 5.74) is 1.02. The molecule has 2 aliphatic heterocycles. The van der Waals surface area contributed by atoms with Gasteiger partial charge in [-0.05, 0) is 38.0 Å². The third kappa shape index (κ3) is 6.25. The molecular weight excluding hydrogens is 490 g/mol. The van der Waals surface area contributed by atoms with Gasteiger partial charge in [-0.25, -0.2) is 4.98 Å². The van der Waals surface area contributed by atoms with Crippen molar-refractivity contribution in [3.8, 4) is 17.1 Å². The van der Waals surface area contributed by atoms with Crippen LogP contribution < -0.4 is 15.4 Å². The van der Waals surface area contributed by atoms with E-state index in [2.05, 4.69) is 25.6 Å². The lowest BCUT2D eigenvalue weighted by Crippen LogP contribution is -2.58. The third-order valence-electron chi connectivity index (χ3n) is 6.42. The van der Waals surface area contributed by atoms with Gasteiger partial charge in [-0.3, -0.25) is 19.3 Å². The summed E-state index contributed by atoms with van der Waals surface area (Å²) < 4.78 is 12.4. The Morgan fingerprint density at radius 2 is 1.92 bits per heavy atom. The number of benzene rings is 1. The molecule has 1 aromatic heterocycles. The van der Waals surface area contributed by atoms with E-state index in [4.69, 9.17) is 9.15 Å². The number of methoxy groups -OCH3 is 1. The zero-order valence-electron chi connectivity index (χ0n) is 22.4. The van der Waals surface area contributed by atoms with Crippen molar-refractivity contribution < 1.29 is 28.2 Å². The van der Waals surface area contributed by atoms with Crippen LogP contribution in [0.5, 0.6) is 5.75 Å². The van der Waals surface area contributed by atoms with Gasteiger partial charge in [0.05, 0.1) is 18.9 Å². The van der Waals surface area contributed by atoms with Crippen LogP contribution in [0.25, 0.3) is 11.3 Å². The maximum atomic E-state index is 12.9. The topological polar surface area (TPSA) is 132 Å². The minimum absolute atomic E-state index is 0.00233. The average Bonchev–Trinajstić information content (AvgIpc) is 3.52. The van der Waals surface area contributed by atoms with Crippen LogP contribution in [-0.4, -0.2) is 95.7 Å². The van der Waals surface area contributed by atoms with Crippen LogP contribution in [0.1, 0.15) is 20.8 Å². The highest BCUT2D eigenvalue weighted by atomic mass is 16.5. The number of rotatable bonds is 7. The number of carbonyl (C=O) groups excluding carboxylic acids is 3. The van der Waals surface area contributed by atoms with Gasteiger partial charge in [0.25, 0.3) is 5.70 Å². The van der Waals surface area contributed by atoms with Crippen molar-refractivity contribution in [3.05, 3.63) is 42.6 Å². The minimum Gasteiger partial charge on any atom is -0.496 e. The van der Waals surface area contributed by atoms with Crippen LogP contribution in [-0.2, 0) is 14.4 Å². The van der Waals surface area contributed by atoms with Gasteiger partial charge in [-0.15, -0.1) is 0 Å². The van der Waals surface area contributed by atoms with Crippen molar-refractivity contribution in [3.63, 3.8) is 0 Å². The summed E-state index contributed by atoms with van der Waals surface area (Å²) in [5, 5.41) is 9.77. The summed E-state index contributed by atoms with van der Waals surface area (Å²) in [5.74, 6) is -0.544. The fourth-order valence-electron chi connectivity index (χ4n) is 4.66. The van der Waals surface area contributed by atoms with Crippen LogP contribution >= 0.6 is 0 Å². The number of oxazole rings is 1. The van der Waals surface area contributed by atoms with Gasteiger partial charge in [0.1, 0.15) is 11.8 Å². The molecule has 0 saturated carbocycles. The molecule has 12 heteroatoms. The van der Waals surface area contributed by atoms with E-state index in [0.29, 0.717) is 61.2 Å². The molecule has 2 N–H and O–H groups in total. The Labute approximate surface area is 221 Å². The second kappa shape index (κ2) is 11.1. The Balaban J connectivity index is 1.28. The van der Waals surface area contributed by atoms with Gasteiger partial charge in [-0.2, -0.15) is 0 Å². The monoisotopic (exact) mass is 524 g/mol. The molecule has 2 aliphatic rings. The summed E-state index contributed by atoms with van der Waals surface area (Å²) in [4.78, 5) is 46.1. The van der Waals surface area contributed by atoms with E-state index in [0.717, 1.165) is 0 Å². The van der Waals surface area contributed by atoms with Crippen molar-refractivity contribution in [2.45, 2.75) is 32.4 Å². The Kier molecular flexibility index (Phi) is 7.91. The quantitative estimate of drug-likeness (QED) is 0.416. The van der Waals surface area contributed by atoms with Crippen molar-refractivity contribution in [1.29, 1.82) is 0 Å². The number of ether oxygens (including phenoxy) is 1. The van der Waals surface area contributed by atoms with E-state index in [-0.39, 0.29) is 11.9 Å². The van der Waals surface area contributed by atoms with Gasteiger partial charge in [0, 0.05) is 56.1 Å². The summed E-state index contributed by atoms with van der Waals surface area (Å²) in [6.45, 7) is 8.69. The molecule has 4 rings (SSSR count). The number of anilines is 1. The minimum atomic E-state index is -0.781. The average molecular weight is 525 g/mol. The second-order valence-electron chi connectivity index (χ2n) is 10.1. The van der Waals surface area contributed by atoms with E-state index >= 15 is 0 Å². The Morgan fingerprint density at radius 3 is 2.53 bits per heavy atom. The lowest BCUT2D eigenvalue weighted by atomic mass is 10.0. The van der Waals surface area contributed by atoms with Crippen molar-refractivity contribution in [2.24, 2.45) is 5.11 Å². The first-order chi connectivity index (χ1) is 18.1. The number of nitrogens with zero attached hydrogens (tertiary/aromatic N) is 5. The third-order valence-corrected chi connectivity index (χ3v) is 6.42. The van der Waals surface area contributed by atoms with E-state index < -0.39 is 17.4 Å². The fraction of sp³-hybridized carbons (Fsp3) is 0.462. The van der Waals surface area contributed by atoms with E-state index in [1.165, 1.54) is 13.5 Å². The van der Waals surface area contributed by atoms with Crippen LogP contribution in [0.3, 0.4) is 0 Å². The molecule has 0 bridgehead atoms. The molecule has 1 fully saturated rings. The van der Waals surface area contributed by atoms with Crippen molar-refractivity contribution >= 4 is 23.4 Å². The number of hydrogen-bond donors (Lipinski definition) is 2. The highest BCUT2D eigenvalue weighted by Gasteiger charge is 2.35. The molecule has 1 saturated heterocycles. The van der Waals surface area contributed by atoms with Crippen LogP contribution in [0, 0.1) is 0 Å². The second-order valence-corrected chi connectivity index (χ2v) is 10.1. The van der Waals surface area contributed by atoms with Gasteiger partial charge >= 0.3 is 17.7 Å². The van der Waals surface area contributed by atoms with Gasteiger partial charge in [0.2, 0.25) is 0 Å². The molecule has 0 radical (unpaired) electrons. The van der Waals surface area contributed by atoms with Gasteiger partial charge in [0.15, 0.2) is 19.2 Å². The Bertz CT molecular complexity index is 1260. The van der Waals surface area contributed by atoms with Crippen molar-refractivity contribution in [1.82, 2.24) is 20.1 Å². The first-order valence-corrected chi connectivity index (χ1v) is 12.4. The molecular formula is C26H34N7O5+. The summed E-state index contributed by atoms with van der Waals surface area (Å²) in [7, 11) is 3.29. The number of carbonyl (C=O) groups is 3. The van der Waals surface area contributed by atoms with E-state index in [1.807, 2.05) is 31.7 Å². The molecule has 1 aromatic carbocycles. The fourth-order valence-corrected chi connectivity index (χ4v) is 4.66. The molecule has 1 atom stereocenters. The zero-order chi connectivity index (χ0) is 27.4. The molecule has 12 nitrogen and oxygen atoms in total. The number of azo groups is 2. The predicted molar refractivity (Wildman–Crippen MR) is 139 cm³/mol. The number of piperazine rings is 1. The first-order valence-electron chi connectivity index (χ1n) is 12.4. The Hall–Kier alpha value is -4.06. The van der Waals surface area contributed by atoms with Crippen LogP contribution in [0.4, 0.5) is 5.69 Å². The molecule has 3 heterocycles. The largest absolute Gasteiger partial charge is 0.496 e. The number of amides is 3. The molecule has 202 valence electrons. The van der Waals surface area contributed by atoms with E-state index in [1.54, 1.807) is 36.1 Å². The van der Waals surface area contributed by atoms with Gasteiger partial charge in [-0.1, -0.05) is 4.70 Å². The highest BCUT2D eigenvalue weighted by molar-refractivity contribution is 6.39. The SMILES string of the molecule is COc1cc(NC(=O)C(=O)NC(C)(C)CN2CCN(C(=O)C3=CC(C)N=[N+]3C)CC2)ccc1-c1cnco1. The molecule has 38 heavy (non-hydrogen) atoms.